The molecule has 0 aliphatic carbocycles. The van der Waals surface area contributed by atoms with Gasteiger partial charge in [0.05, 0.1) is 0 Å². The van der Waals surface area contributed by atoms with Gasteiger partial charge in [-0.15, -0.1) is 0 Å². The lowest BCUT2D eigenvalue weighted by Gasteiger charge is -1.82. The average molecular weight is 151 g/mol. The topological polar surface area (TPSA) is 43.1 Å². The van der Waals surface area contributed by atoms with Crippen molar-refractivity contribution in [3.8, 4) is 0 Å². The Morgan fingerprint density at radius 3 is 1.82 bits per heavy atom. The first kappa shape index (κ1) is 9.69. The second-order valence-corrected chi connectivity index (χ2v) is 2.27. The fourth-order valence-electron chi connectivity index (χ4n) is 0.534. The molecule has 0 radical (unpaired) electrons. The Balaban J connectivity index is 0.000000218. The van der Waals surface area contributed by atoms with E-state index in [9.17, 15) is 4.79 Å². The minimum atomic E-state index is -0.333. The molecule has 0 aliphatic heterocycles. The Labute approximate surface area is 67.0 Å². The first-order chi connectivity index (χ1) is 5.13. The molecule has 0 aliphatic rings. The number of primary amides is 1. The van der Waals surface area contributed by atoms with E-state index in [1.165, 1.54) is 12.5 Å². The summed E-state index contributed by atoms with van der Waals surface area (Å²) in [6.07, 6.45) is 0. The highest BCUT2D eigenvalue weighted by Crippen LogP contribution is 1.92. The molecule has 0 saturated carbocycles. The normalized spacial score (nSPS) is 7.82. The van der Waals surface area contributed by atoms with Crippen molar-refractivity contribution in [2.24, 2.45) is 5.73 Å². The monoisotopic (exact) mass is 151 g/mol. The van der Waals surface area contributed by atoms with E-state index in [0.717, 1.165) is 0 Å². The van der Waals surface area contributed by atoms with Crippen LogP contribution in [0.1, 0.15) is 12.5 Å². The number of rotatable bonds is 0. The van der Waals surface area contributed by atoms with E-state index in [0.29, 0.717) is 0 Å². The molecule has 1 rings (SSSR count). The lowest BCUT2D eigenvalue weighted by Crippen LogP contribution is -2.01. The van der Waals surface area contributed by atoms with Gasteiger partial charge in [-0.3, -0.25) is 4.79 Å². The summed E-state index contributed by atoms with van der Waals surface area (Å²) in [6.45, 7) is 3.39. The zero-order valence-corrected chi connectivity index (χ0v) is 6.87. The first-order valence-electron chi connectivity index (χ1n) is 3.40. The summed E-state index contributed by atoms with van der Waals surface area (Å²) in [5.74, 6) is -0.333. The van der Waals surface area contributed by atoms with Crippen molar-refractivity contribution in [3.63, 3.8) is 0 Å². The van der Waals surface area contributed by atoms with Crippen LogP contribution in [-0.4, -0.2) is 5.91 Å². The molecule has 0 saturated heterocycles. The fraction of sp³-hybridized carbons (Fsp3) is 0.222. The van der Waals surface area contributed by atoms with Gasteiger partial charge in [0.1, 0.15) is 0 Å². The predicted octanol–water partition coefficient (Wildman–Crippen LogP) is 1.49. The van der Waals surface area contributed by atoms with E-state index in [1.807, 2.05) is 18.2 Å². The highest BCUT2D eigenvalue weighted by atomic mass is 16.1. The minimum absolute atomic E-state index is 0.333. The van der Waals surface area contributed by atoms with E-state index in [-0.39, 0.29) is 5.91 Å². The summed E-state index contributed by atoms with van der Waals surface area (Å²) < 4.78 is 0. The number of aryl methyl sites for hydroxylation is 1. The SMILES string of the molecule is CC(N)=O.Cc1ccccc1. The molecule has 0 atom stereocenters. The number of amides is 1. The van der Waals surface area contributed by atoms with Crippen molar-refractivity contribution < 1.29 is 4.79 Å². The molecule has 0 unspecified atom stereocenters. The van der Waals surface area contributed by atoms with E-state index in [4.69, 9.17) is 0 Å². The van der Waals surface area contributed by atoms with Crippen LogP contribution in [0.5, 0.6) is 0 Å². The maximum Gasteiger partial charge on any atom is 0.214 e. The maximum absolute atomic E-state index is 9.22. The van der Waals surface area contributed by atoms with Crippen molar-refractivity contribution in [2.75, 3.05) is 0 Å². The van der Waals surface area contributed by atoms with Gasteiger partial charge in [-0.05, 0) is 6.92 Å². The predicted molar refractivity (Wildman–Crippen MR) is 46.0 cm³/mol. The van der Waals surface area contributed by atoms with Gasteiger partial charge in [0.2, 0.25) is 5.91 Å². The largest absolute Gasteiger partial charge is 0.370 e. The summed E-state index contributed by atoms with van der Waals surface area (Å²) in [5, 5.41) is 0. The molecule has 1 aromatic rings. The van der Waals surface area contributed by atoms with E-state index >= 15 is 0 Å². The van der Waals surface area contributed by atoms with Crippen molar-refractivity contribution in [2.45, 2.75) is 13.8 Å². The second kappa shape index (κ2) is 5.47. The van der Waals surface area contributed by atoms with Crippen LogP contribution in [0.25, 0.3) is 0 Å². The Morgan fingerprint density at radius 2 is 1.64 bits per heavy atom. The molecule has 0 heterocycles. The lowest BCUT2D eigenvalue weighted by molar-refractivity contribution is -0.115. The van der Waals surface area contributed by atoms with Gasteiger partial charge in [-0.2, -0.15) is 0 Å². The Kier molecular flexibility index (Phi) is 4.82. The third-order valence-corrected chi connectivity index (χ3v) is 0.940. The van der Waals surface area contributed by atoms with Gasteiger partial charge in [0.15, 0.2) is 0 Å². The molecule has 0 aromatic heterocycles. The maximum atomic E-state index is 9.22. The van der Waals surface area contributed by atoms with Crippen LogP contribution in [0.4, 0.5) is 0 Å². The fourth-order valence-corrected chi connectivity index (χ4v) is 0.534. The van der Waals surface area contributed by atoms with E-state index < -0.39 is 0 Å². The van der Waals surface area contributed by atoms with Crippen molar-refractivity contribution >= 4 is 5.91 Å². The van der Waals surface area contributed by atoms with Gasteiger partial charge in [0.25, 0.3) is 0 Å². The molecule has 1 amide bonds. The van der Waals surface area contributed by atoms with Gasteiger partial charge in [-0.25, -0.2) is 0 Å². The van der Waals surface area contributed by atoms with Crippen molar-refractivity contribution in [1.29, 1.82) is 0 Å². The minimum Gasteiger partial charge on any atom is -0.370 e. The second-order valence-electron chi connectivity index (χ2n) is 2.27. The number of hydrogen-bond acceptors (Lipinski definition) is 1. The van der Waals surface area contributed by atoms with Gasteiger partial charge >= 0.3 is 0 Å². The summed E-state index contributed by atoms with van der Waals surface area (Å²) in [7, 11) is 0. The molecule has 0 fully saturated rings. The summed E-state index contributed by atoms with van der Waals surface area (Å²) in [5.41, 5.74) is 5.79. The molecular formula is C9H13NO. The first-order valence-corrected chi connectivity index (χ1v) is 3.40. The standard InChI is InChI=1S/C7H8.C2H5NO/c1-7-5-3-2-4-6-7;1-2(3)4/h2-6H,1H3;1H3,(H2,3,4). The highest BCUT2D eigenvalue weighted by Gasteiger charge is 1.72. The number of nitrogens with two attached hydrogens (primary N) is 1. The molecule has 1 aromatic carbocycles. The van der Waals surface area contributed by atoms with Gasteiger partial charge in [0, 0.05) is 6.92 Å². The quantitative estimate of drug-likeness (QED) is 0.599. The van der Waals surface area contributed by atoms with Crippen LogP contribution in [0.15, 0.2) is 30.3 Å². The molecule has 2 heteroatoms. The molecular weight excluding hydrogens is 138 g/mol. The van der Waals surface area contributed by atoms with E-state index in [2.05, 4.69) is 24.8 Å². The number of benzene rings is 1. The Morgan fingerprint density at radius 1 is 1.27 bits per heavy atom. The zero-order valence-electron chi connectivity index (χ0n) is 6.87. The van der Waals surface area contributed by atoms with Crippen LogP contribution in [0.2, 0.25) is 0 Å². The number of carbonyl (C=O) groups excluding carboxylic acids is 1. The number of hydrogen-bond donors (Lipinski definition) is 1. The van der Waals surface area contributed by atoms with Crippen LogP contribution in [0, 0.1) is 6.92 Å². The van der Waals surface area contributed by atoms with Crippen molar-refractivity contribution in [3.05, 3.63) is 35.9 Å². The lowest BCUT2D eigenvalue weighted by atomic mass is 10.2. The zero-order chi connectivity index (χ0) is 8.69. The number of carbonyl (C=O) groups is 1. The molecule has 60 valence electrons. The summed E-state index contributed by atoms with van der Waals surface area (Å²) >= 11 is 0. The molecule has 2 nitrogen and oxygen atoms in total. The molecule has 0 bridgehead atoms. The van der Waals surface area contributed by atoms with Crippen molar-refractivity contribution in [1.82, 2.24) is 0 Å². The third kappa shape index (κ3) is 8.69. The Hall–Kier alpha value is -1.31. The summed E-state index contributed by atoms with van der Waals surface area (Å²) in [4.78, 5) is 9.22. The third-order valence-electron chi connectivity index (χ3n) is 0.940. The summed E-state index contributed by atoms with van der Waals surface area (Å²) in [6, 6.07) is 10.3. The average Bonchev–Trinajstić information content (AvgIpc) is 1.87. The van der Waals surface area contributed by atoms with Crippen LogP contribution >= 0.6 is 0 Å². The van der Waals surface area contributed by atoms with Crippen LogP contribution in [-0.2, 0) is 4.79 Å². The van der Waals surface area contributed by atoms with Crippen LogP contribution < -0.4 is 5.73 Å². The molecule has 11 heavy (non-hydrogen) atoms. The smallest absolute Gasteiger partial charge is 0.214 e. The molecule has 0 spiro atoms. The van der Waals surface area contributed by atoms with Gasteiger partial charge in [-0.1, -0.05) is 35.9 Å². The highest BCUT2D eigenvalue weighted by molar-refractivity contribution is 5.70. The molecule has 2 N–H and O–H groups in total. The van der Waals surface area contributed by atoms with E-state index in [1.54, 1.807) is 0 Å². The Bertz CT molecular complexity index is 202. The van der Waals surface area contributed by atoms with Gasteiger partial charge < -0.3 is 5.73 Å². The van der Waals surface area contributed by atoms with Crippen LogP contribution in [0.3, 0.4) is 0 Å².